The van der Waals surface area contributed by atoms with E-state index in [1.54, 1.807) is 25.9 Å². The number of rotatable bonds is 7. The molecule has 1 atom stereocenters. The summed E-state index contributed by atoms with van der Waals surface area (Å²) in [5.41, 5.74) is 9.98. The number of aryl methyl sites for hydroxylation is 1. The van der Waals surface area contributed by atoms with Crippen LogP contribution in [0.1, 0.15) is 57.3 Å². The third-order valence-electron chi connectivity index (χ3n) is 6.08. The molecule has 33 heavy (non-hydrogen) atoms. The molecule has 8 heteroatoms. The van der Waals surface area contributed by atoms with E-state index < -0.39 is 5.91 Å². The minimum absolute atomic E-state index is 0.0273. The average Bonchev–Trinajstić information content (AvgIpc) is 2.77. The van der Waals surface area contributed by atoms with Crippen molar-refractivity contribution in [2.24, 2.45) is 11.7 Å². The molecule has 2 heterocycles. The van der Waals surface area contributed by atoms with Crippen LogP contribution in [0, 0.1) is 12.8 Å². The lowest BCUT2D eigenvalue weighted by Crippen LogP contribution is -2.40. The van der Waals surface area contributed by atoms with Gasteiger partial charge in [-0.1, -0.05) is 12.1 Å². The molecule has 3 rings (SSSR count). The largest absolute Gasteiger partial charge is 0.384 e. The molecule has 1 aromatic carbocycles. The van der Waals surface area contributed by atoms with E-state index in [-0.39, 0.29) is 11.8 Å². The van der Waals surface area contributed by atoms with E-state index in [9.17, 15) is 14.4 Å². The Hall–Kier alpha value is -3.42. The van der Waals surface area contributed by atoms with Crippen molar-refractivity contribution in [2.75, 3.05) is 39.0 Å². The molecule has 0 aliphatic carbocycles. The maximum Gasteiger partial charge on any atom is 0.253 e. The van der Waals surface area contributed by atoms with Gasteiger partial charge in [0, 0.05) is 64.5 Å². The van der Waals surface area contributed by atoms with Crippen LogP contribution in [-0.4, -0.2) is 66.2 Å². The van der Waals surface area contributed by atoms with Gasteiger partial charge in [-0.3, -0.25) is 19.4 Å². The SMILES string of the molecule is CC(=O)N1CCC[C@H](CNc2cc(Cc3ccc(C(=O)N(C)C)c(C)c3)ncc2C(N)=O)C1. The molecular weight excluding hydrogens is 418 g/mol. The fourth-order valence-corrected chi connectivity index (χ4v) is 4.24. The van der Waals surface area contributed by atoms with E-state index in [0.29, 0.717) is 42.2 Å². The summed E-state index contributed by atoms with van der Waals surface area (Å²) in [5.74, 6) is -0.157. The van der Waals surface area contributed by atoms with Crippen molar-refractivity contribution >= 4 is 23.4 Å². The molecule has 1 aromatic heterocycles. The summed E-state index contributed by atoms with van der Waals surface area (Å²) in [4.78, 5) is 43.8. The highest BCUT2D eigenvalue weighted by molar-refractivity contribution is 5.98. The molecule has 8 nitrogen and oxygen atoms in total. The number of anilines is 1. The minimum atomic E-state index is -0.534. The highest BCUT2D eigenvalue weighted by Gasteiger charge is 2.22. The Kier molecular flexibility index (Phi) is 7.68. The van der Waals surface area contributed by atoms with E-state index in [1.165, 1.54) is 6.20 Å². The first-order valence-corrected chi connectivity index (χ1v) is 11.2. The Labute approximate surface area is 195 Å². The van der Waals surface area contributed by atoms with Crippen molar-refractivity contribution in [3.63, 3.8) is 0 Å². The zero-order valence-corrected chi connectivity index (χ0v) is 19.9. The number of piperidine rings is 1. The van der Waals surface area contributed by atoms with Crippen LogP contribution in [0.2, 0.25) is 0 Å². The van der Waals surface area contributed by atoms with Gasteiger partial charge in [0.05, 0.1) is 11.3 Å². The molecule has 0 radical (unpaired) electrons. The van der Waals surface area contributed by atoms with Gasteiger partial charge in [-0.2, -0.15) is 0 Å². The highest BCUT2D eigenvalue weighted by Crippen LogP contribution is 2.22. The second-order valence-electron chi connectivity index (χ2n) is 8.97. The first-order chi connectivity index (χ1) is 15.7. The lowest BCUT2D eigenvalue weighted by atomic mass is 9.97. The van der Waals surface area contributed by atoms with Crippen molar-refractivity contribution in [3.05, 3.63) is 58.4 Å². The Morgan fingerprint density at radius 3 is 2.61 bits per heavy atom. The first kappa shape index (κ1) is 24.2. The standard InChI is InChI=1S/C25H33N5O3/c1-16-10-18(7-8-21(16)25(33)29(3)4)11-20-12-23(22(14-27-20)24(26)32)28-13-19-6-5-9-30(15-19)17(2)31/h7-8,10,12,14,19H,5-6,9,11,13,15H2,1-4H3,(H2,26,32)(H,27,28)/t19-/m1/s1. The number of nitrogens with zero attached hydrogens (tertiary/aromatic N) is 3. The number of likely N-dealkylation sites (tertiary alicyclic amines) is 1. The zero-order valence-electron chi connectivity index (χ0n) is 19.9. The summed E-state index contributed by atoms with van der Waals surface area (Å²) in [6, 6.07) is 7.62. The minimum Gasteiger partial charge on any atom is -0.384 e. The third-order valence-corrected chi connectivity index (χ3v) is 6.08. The Balaban J connectivity index is 1.75. The van der Waals surface area contributed by atoms with Crippen LogP contribution in [0.5, 0.6) is 0 Å². The monoisotopic (exact) mass is 451 g/mol. The number of nitrogens with one attached hydrogen (secondary N) is 1. The van der Waals surface area contributed by atoms with Crippen molar-refractivity contribution in [3.8, 4) is 0 Å². The van der Waals surface area contributed by atoms with Gasteiger partial charge in [-0.15, -0.1) is 0 Å². The van der Waals surface area contributed by atoms with E-state index in [4.69, 9.17) is 5.73 Å². The first-order valence-electron chi connectivity index (χ1n) is 11.2. The number of hydrogen-bond acceptors (Lipinski definition) is 5. The number of nitrogens with two attached hydrogens (primary N) is 1. The van der Waals surface area contributed by atoms with Crippen LogP contribution in [0.15, 0.2) is 30.5 Å². The van der Waals surface area contributed by atoms with E-state index in [1.807, 2.05) is 36.1 Å². The fraction of sp³-hybridized carbons (Fsp3) is 0.440. The highest BCUT2D eigenvalue weighted by atomic mass is 16.2. The summed E-state index contributed by atoms with van der Waals surface area (Å²) in [6.45, 7) is 5.68. The fourth-order valence-electron chi connectivity index (χ4n) is 4.24. The Morgan fingerprint density at radius 2 is 1.97 bits per heavy atom. The summed E-state index contributed by atoms with van der Waals surface area (Å²) in [6.07, 6.45) is 4.08. The zero-order chi connectivity index (χ0) is 24.1. The molecule has 1 aliphatic heterocycles. The number of aromatic nitrogens is 1. The maximum atomic E-state index is 12.3. The molecule has 1 fully saturated rings. The summed E-state index contributed by atoms with van der Waals surface area (Å²) >= 11 is 0. The van der Waals surface area contributed by atoms with Crippen LogP contribution < -0.4 is 11.1 Å². The van der Waals surface area contributed by atoms with Gasteiger partial charge in [-0.25, -0.2) is 0 Å². The van der Waals surface area contributed by atoms with Gasteiger partial charge in [0.15, 0.2) is 0 Å². The molecule has 0 unspecified atom stereocenters. The molecule has 0 spiro atoms. The van der Waals surface area contributed by atoms with Crippen LogP contribution >= 0.6 is 0 Å². The average molecular weight is 452 g/mol. The molecule has 176 valence electrons. The van der Waals surface area contributed by atoms with Crippen molar-refractivity contribution < 1.29 is 14.4 Å². The van der Waals surface area contributed by atoms with Gasteiger partial charge >= 0.3 is 0 Å². The number of hydrogen-bond donors (Lipinski definition) is 2. The van der Waals surface area contributed by atoms with Crippen LogP contribution in [0.3, 0.4) is 0 Å². The predicted octanol–water partition coefficient (Wildman–Crippen LogP) is 2.45. The third kappa shape index (κ3) is 6.09. The topological polar surface area (TPSA) is 109 Å². The number of pyridine rings is 1. The molecule has 3 N–H and O–H groups in total. The van der Waals surface area contributed by atoms with Crippen molar-refractivity contribution in [1.82, 2.24) is 14.8 Å². The number of carbonyl (C=O) groups excluding carboxylic acids is 3. The lowest BCUT2D eigenvalue weighted by Gasteiger charge is -2.32. The van der Waals surface area contributed by atoms with Gasteiger partial charge in [0.2, 0.25) is 5.91 Å². The molecular formula is C25H33N5O3. The van der Waals surface area contributed by atoms with Crippen LogP contribution in [-0.2, 0) is 11.2 Å². The van der Waals surface area contributed by atoms with E-state index in [0.717, 1.165) is 36.2 Å². The molecule has 3 amide bonds. The van der Waals surface area contributed by atoms with E-state index >= 15 is 0 Å². The van der Waals surface area contributed by atoms with Gasteiger partial charge < -0.3 is 20.9 Å². The van der Waals surface area contributed by atoms with Crippen LogP contribution in [0.4, 0.5) is 5.69 Å². The Morgan fingerprint density at radius 1 is 1.21 bits per heavy atom. The number of primary amides is 1. The molecule has 2 aromatic rings. The summed E-state index contributed by atoms with van der Waals surface area (Å²) in [5, 5.41) is 3.37. The van der Waals surface area contributed by atoms with Gasteiger partial charge in [0.1, 0.15) is 0 Å². The lowest BCUT2D eigenvalue weighted by molar-refractivity contribution is -0.130. The molecule has 0 saturated carbocycles. The molecule has 0 bridgehead atoms. The maximum absolute atomic E-state index is 12.3. The summed E-state index contributed by atoms with van der Waals surface area (Å²) in [7, 11) is 3.47. The second kappa shape index (κ2) is 10.5. The number of amides is 3. The van der Waals surface area contributed by atoms with E-state index in [2.05, 4.69) is 10.3 Å². The van der Waals surface area contributed by atoms with Gasteiger partial charge in [-0.05, 0) is 48.9 Å². The summed E-state index contributed by atoms with van der Waals surface area (Å²) < 4.78 is 0. The van der Waals surface area contributed by atoms with Crippen molar-refractivity contribution in [1.29, 1.82) is 0 Å². The Bertz CT molecular complexity index is 1050. The number of carbonyl (C=O) groups is 3. The van der Waals surface area contributed by atoms with Gasteiger partial charge in [0.25, 0.3) is 11.8 Å². The smallest absolute Gasteiger partial charge is 0.253 e. The van der Waals surface area contributed by atoms with Crippen molar-refractivity contribution in [2.45, 2.75) is 33.1 Å². The number of benzene rings is 1. The molecule has 1 aliphatic rings. The molecule has 1 saturated heterocycles. The quantitative estimate of drug-likeness (QED) is 0.672. The normalized spacial score (nSPS) is 15.8. The second-order valence-corrected chi connectivity index (χ2v) is 8.97. The van der Waals surface area contributed by atoms with Crippen LogP contribution in [0.25, 0.3) is 0 Å². The predicted molar refractivity (Wildman–Crippen MR) is 128 cm³/mol.